The summed E-state index contributed by atoms with van der Waals surface area (Å²) in [5, 5.41) is 11.4. The minimum atomic E-state index is -3.95. The lowest BCUT2D eigenvalue weighted by molar-refractivity contribution is 0.596. The highest BCUT2D eigenvalue weighted by atomic mass is 32.2. The van der Waals surface area contributed by atoms with E-state index in [1.54, 1.807) is 30.3 Å². The van der Waals surface area contributed by atoms with Gasteiger partial charge in [0.15, 0.2) is 0 Å². The molecule has 4 aromatic carbocycles. The Morgan fingerprint density at radius 2 is 1.32 bits per heavy atom. The number of nitrogens with two attached hydrogens (primary N) is 1. The van der Waals surface area contributed by atoms with Crippen LogP contribution in [0.3, 0.4) is 0 Å². The van der Waals surface area contributed by atoms with E-state index in [4.69, 9.17) is 5.73 Å². The molecule has 0 spiro atoms. The zero-order valence-corrected chi connectivity index (χ0v) is 15.6. The van der Waals surface area contributed by atoms with Crippen molar-refractivity contribution in [2.45, 2.75) is 9.79 Å². The molecule has 0 amide bonds. The third-order valence-electron chi connectivity index (χ3n) is 4.72. The average molecular weight is 384 g/mol. The number of hydrogen-bond acceptors (Lipinski definition) is 4. The smallest absolute Gasteiger partial charge is 0.208 e. The summed E-state index contributed by atoms with van der Waals surface area (Å²) in [4.78, 5) is 0.0659. The number of rotatable bonds is 3. The van der Waals surface area contributed by atoms with Crippen LogP contribution in [0, 0.1) is 11.3 Å². The van der Waals surface area contributed by atoms with Crippen molar-refractivity contribution >= 4 is 26.3 Å². The Hall–Kier alpha value is -3.62. The molecule has 0 aliphatic carbocycles. The lowest BCUT2D eigenvalue weighted by atomic mass is 9.98. The summed E-state index contributed by atoms with van der Waals surface area (Å²) in [5.41, 5.74) is 7.36. The van der Waals surface area contributed by atoms with Gasteiger partial charge in [-0.2, -0.15) is 5.26 Å². The van der Waals surface area contributed by atoms with Gasteiger partial charge in [0.25, 0.3) is 0 Å². The van der Waals surface area contributed by atoms with Crippen molar-refractivity contribution in [2.24, 2.45) is 0 Å². The summed E-state index contributed by atoms with van der Waals surface area (Å²) in [6, 6.07) is 26.9. The number of fused-ring (bicyclic) bond motifs is 1. The molecule has 4 nitrogen and oxygen atoms in total. The van der Waals surface area contributed by atoms with Crippen LogP contribution in [0.2, 0.25) is 0 Å². The van der Waals surface area contributed by atoms with E-state index in [1.165, 1.54) is 12.1 Å². The molecule has 28 heavy (non-hydrogen) atoms. The molecule has 136 valence electrons. The van der Waals surface area contributed by atoms with Crippen molar-refractivity contribution in [2.75, 3.05) is 5.73 Å². The van der Waals surface area contributed by atoms with Crippen LogP contribution in [0.15, 0.2) is 94.7 Å². The predicted molar refractivity (Wildman–Crippen MR) is 110 cm³/mol. The quantitative estimate of drug-likeness (QED) is 0.515. The number of nitrogen functional groups attached to an aromatic ring is 1. The van der Waals surface area contributed by atoms with E-state index >= 15 is 0 Å². The molecule has 0 saturated carbocycles. The molecule has 5 heteroatoms. The predicted octanol–water partition coefficient (Wildman–Crippen LogP) is 4.79. The van der Waals surface area contributed by atoms with Gasteiger partial charge in [-0.05, 0) is 34.5 Å². The van der Waals surface area contributed by atoms with Crippen LogP contribution in [0.1, 0.15) is 5.56 Å². The van der Waals surface area contributed by atoms with E-state index in [-0.39, 0.29) is 21.0 Å². The Morgan fingerprint density at radius 1 is 0.714 bits per heavy atom. The first-order valence-electron chi connectivity index (χ1n) is 8.65. The number of hydrogen-bond donors (Lipinski definition) is 1. The van der Waals surface area contributed by atoms with Crippen molar-refractivity contribution < 1.29 is 8.42 Å². The van der Waals surface area contributed by atoms with Gasteiger partial charge in [0.2, 0.25) is 9.84 Å². The maximum Gasteiger partial charge on any atom is 0.208 e. The number of nitriles is 1. The highest BCUT2D eigenvalue weighted by molar-refractivity contribution is 7.91. The lowest BCUT2D eigenvalue weighted by Crippen LogP contribution is -2.08. The fraction of sp³-hybridized carbons (Fsp3) is 0. The van der Waals surface area contributed by atoms with Crippen LogP contribution in [0.4, 0.5) is 5.69 Å². The molecule has 0 bridgehead atoms. The van der Waals surface area contributed by atoms with Crippen molar-refractivity contribution in [1.82, 2.24) is 0 Å². The molecule has 0 unspecified atom stereocenters. The zero-order chi connectivity index (χ0) is 19.7. The number of nitrogens with zero attached hydrogens (tertiary/aromatic N) is 1. The van der Waals surface area contributed by atoms with E-state index in [0.29, 0.717) is 5.56 Å². The Kier molecular flexibility index (Phi) is 4.34. The number of anilines is 1. The van der Waals surface area contributed by atoms with Gasteiger partial charge in [-0.3, -0.25) is 0 Å². The van der Waals surface area contributed by atoms with Crippen molar-refractivity contribution in [3.05, 3.63) is 90.5 Å². The standard InChI is InChI=1S/C23H16N2O2S/c24-15-20-21(25)12-6-14-23(20)28(26,27)22-13-4-3-10-19(22)18-11-5-8-16-7-1-2-9-17(16)18/h1-14H,25H2. The largest absolute Gasteiger partial charge is 0.398 e. The molecule has 4 rings (SSSR count). The van der Waals surface area contributed by atoms with Gasteiger partial charge < -0.3 is 5.73 Å². The van der Waals surface area contributed by atoms with E-state index in [0.717, 1.165) is 16.3 Å². The monoisotopic (exact) mass is 384 g/mol. The molecule has 0 aliphatic heterocycles. The Bertz CT molecular complexity index is 1350. The maximum absolute atomic E-state index is 13.5. The molecule has 0 fully saturated rings. The van der Waals surface area contributed by atoms with E-state index in [2.05, 4.69) is 0 Å². The second-order valence-electron chi connectivity index (χ2n) is 6.36. The lowest BCUT2D eigenvalue weighted by Gasteiger charge is -2.14. The summed E-state index contributed by atoms with van der Waals surface area (Å²) in [5.74, 6) is 0. The van der Waals surface area contributed by atoms with E-state index in [9.17, 15) is 13.7 Å². The Balaban J connectivity index is 2.02. The minimum absolute atomic E-state index is 0.0322. The molecule has 0 saturated heterocycles. The van der Waals surface area contributed by atoms with Crippen molar-refractivity contribution in [3.63, 3.8) is 0 Å². The van der Waals surface area contributed by atoms with Crippen molar-refractivity contribution in [1.29, 1.82) is 5.26 Å². The van der Waals surface area contributed by atoms with Crippen LogP contribution in [0.25, 0.3) is 21.9 Å². The second-order valence-corrected chi connectivity index (χ2v) is 8.25. The summed E-state index contributed by atoms with van der Waals surface area (Å²) in [7, 11) is -3.95. The summed E-state index contributed by atoms with van der Waals surface area (Å²) in [6.07, 6.45) is 0. The van der Waals surface area contributed by atoms with E-state index in [1.807, 2.05) is 48.5 Å². The first kappa shape index (κ1) is 17.8. The molecule has 0 aliphatic rings. The van der Waals surface area contributed by atoms with Gasteiger partial charge in [-0.1, -0.05) is 66.7 Å². The third kappa shape index (κ3) is 2.81. The minimum Gasteiger partial charge on any atom is -0.398 e. The molecule has 0 heterocycles. The maximum atomic E-state index is 13.5. The molecule has 0 atom stereocenters. The zero-order valence-electron chi connectivity index (χ0n) is 14.8. The van der Waals surface area contributed by atoms with Gasteiger partial charge in [0.05, 0.1) is 21.0 Å². The molecular weight excluding hydrogens is 368 g/mol. The molecule has 0 radical (unpaired) electrons. The molecule has 2 N–H and O–H groups in total. The highest BCUT2D eigenvalue weighted by Crippen LogP contribution is 2.36. The average Bonchev–Trinajstić information content (AvgIpc) is 2.73. The summed E-state index contributed by atoms with van der Waals surface area (Å²) in [6.45, 7) is 0. The van der Waals surface area contributed by atoms with E-state index < -0.39 is 9.84 Å². The van der Waals surface area contributed by atoms with Crippen LogP contribution in [0.5, 0.6) is 0 Å². The van der Waals surface area contributed by atoms with Gasteiger partial charge in [0.1, 0.15) is 6.07 Å². The van der Waals surface area contributed by atoms with Crippen LogP contribution >= 0.6 is 0 Å². The second kappa shape index (κ2) is 6.84. The van der Waals surface area contributed by atoms with Gasteiger partial charge in [0, 0.05) is 5.56 Å². The summed E-state index contributed by atoms with van der Waals surface area (Å²) < 4.78 is 27.0. The molecule has 0 aromatic heterocycles. The molecular formula is C23H16N2O2S. The third-order valence-corrected chi connectivity index (χ3v) is 6.57. The van der Waals surface area contributed by atoms with Crippen molar-refractivity contribution in [3.8, 4) is 17.2 Å². The van der Waals surface area contributed by atoms with Crippen LogP contribution in [-0.2, 0) is 9.84 Å². The van der Waals surface area contributed by atoms with Gasteiger partial charge in [-0.15, -0.1) is 0 Å². The fourth-order valence-corrected chi connectivity index (χ4v) is 5.05. The first-order chi connectivity index (χ1) is 13.5. The number of sulfone groups is 1. The van der Waals surface area contributed by atoms with Crippen LogP contribution in [-0.4, -0.2) is 8.42 Å². The Labute approximate surface area is 163 Å². The topological polar surface area (TPSA) is 83.9 Å². The normalized spacial score (nSPS) is 11.2. The fourth-order valence-electron chi connectivity index (χ4n) is 3.39. The van der Waals surface area contributed by atoms with Gasteiger partial charge in [-0.25, -0.2) is 8.42 Å². The molecule has 4 aromatic rings. The Morgan fingerprint density at radius 3 is 2.14 bits per heavy atom. The highest BCUT2D eigenvalue weighted by Gasteiger charge is 2.26. The first-order valence-corrected chi connectivity index (χ1v) is 10.1. The number of benzene rings is 4. The summed E-state index contributed by atoms with van der Waals surface area (Å²) >= 11 is 0. The van der Waals surface area contributed by atoms with Crippen LogP contribution < -0.4 is 5.73 Å². The van der Waals surface area contributed by atoms with Gasteiger partial charge >= 0.3 is 0 Å². The SMILES string of the molecule is N#Cc1c(N)cccc1S(=O)(=O)c1ccccc1-c1cccc2ccccc12.